The number of hydrogen-bond acceptors (Lipinski definition) is 5. The number of hydrogen-bond donors (Lipinski definition) is 2. The van der Waals surface area contributed by atoms with E-state index in [0.717, 1.165) is 30.9 Å². The molecule has 0 bridgehead atoms. The molecule has 4 rings (SSSR count). The van der Waals surface area contributed by atoms with Crippen LogP contribution in [0.4, 0.5) is 10.1 Å². The number of nitrogens with zero attached hydrogens (tertiary/aromatic N) is 2. The van der Waals surface area contributed by atoms with Gasteiger partial charge in [-0.25, -0.2) is 9.18 Å². The number of anilines is 1. The summed E-state index contributed by atoms with van der Waals surface area (Å²) >= 11 is 0. The van der Waals surface area contributed by atoms with Gasteiger partial charge in [-0.15, -0.1) is 0 Å². The Balaban J connectivity index is 1.99. The van der Waals surface area contributed by atoms with Crippen molar-refractivity contribution in [1.82, 2.24) is 4.57 Å². The Labute approximate surface area is 160 Å². The molecule has 148 valence electrons. The standard InChI is InChI=1S/C20H22FN3O4/c1-28-19-16-13(18(25)14(20(26)27)10-24(16)12-2-3-12)8-15(21)17(19)23-7-5-11(9-23)4-6-22/h4,8,10,12H,2-3,5-7,9,22H2,1H3,(H,26,27)/b11-4-. The first-order valence-corrected chi connectivity index (χ1v) is 9.27. The molecular weight excluding hydrogens is 365 g/mol. The molecule has 1 aromatic heterocycles. The lowest BCUT2D eigenvalue weighted by Crippen LogP contribution is -2.23. The first-order valence-electron chi connectivity index (χ1n) is 9.27. The minimum absolute atomic E-state index is 0.0295. The van der Waals surface area contributed by atoms with Gasteiger partial charge in [-0.3, -0.25) is 4.79 Å². The van der Waals surface area contributed by atoms with Crippen molar-refractivity contribution in [1.29, 1.82) is 0 Å². The number of aromatic carboxylic acids is 1. The number of rotatable bonds is 5. The number of halogens is 1. The third-order valence-electron chi connectivity index (χ3n) is 5.39. The summed E-state index contributed by atoms with van der Waals surface area (Å²) in [6, 6.07) is 1.23. The first-order chi connectivity index (χ1) is 13.5. The van der Waals surface area contributed by atoms with Gasteiger partial charge >= 0.3 is 5.97 Å². The fourth-order valence-electron chi connectivity index (χ4n) is 3.93. The molecule has 1 aliphatic heterocycles. The quantitative estimate of drug-likeness (QED) is 0.764. The third kappa shape index (κ3) is 2.93. The van der Waals surface area contributed by atoms with Crippen LogP contribution in [0.3, 0.4) is 0 Å². The van der Waals surface area contributed by atoms with Gasteiger partial charge in [-0.05, 0) is 25.3 Å². The SMILES string of the molecule is COc1c(N2CC/C(=C/CN)C2)c(F)cc2c(=O)c(C(=O)O)cn(C3CC3)c12. The van der Waals surface area contributed by atoms with Crippen LogP contribution in [-0.2, 0) is 0 Å². The molecule has 1 saturated heterocycles. The van der Waals surface area contributed by atoms with Gasteiger partial charge in [0, 0.05) is 31.9 Å². The fraction of sp³-hybridized carbons (Fsp3) is 0.400. The Kier molecular flexibility index (Phi) is 4.58. The van der Waals surface area contributed by atoms with Crippen LogP contribution in [0.1, 0.15) is 35.7 Å². The van der Waals surface area contributed by atoms with E-state index < -0.39 is 17.2 Å². The molecule has 0 unspecified atom stereocenters. The van der Waals surface area contributed by atoms with Gasteiger partial charge in [-0.1, -0.05) is 11.6 Å². The van der Waals surface area contributed by atoms with Crippen molar-refractivity contribution in [3.8, 4) is 5.75 Å². The van der Waals surface area contributed by atoms with E-state index in [2.05, 4.69) is 0 Å². The molecule has 0 spiro atoms. The molecule has 2 aliphatic rings. The van der Waals surface area contributed by atoms with Crippen molar-refractivity contribution in [2.24, 2.45) is 5.73 Å². The molecule has 28 heavy (non-hydrogen) atoms. The summed E-state index contributed by atoms with van der Waals surface area (Å²) in [5, 5.41) is 9.42. The van der Waals surface area contributed by atoms with Gasteiger partial charge in [0.25, 0.3) is 0 Å². The average Bonchev–Trinajstić information content (AvgIpc) is 3.40. The molecule has 0 amide bonds. The molecule has 1 aliphatic carbocycles. The molecule has 8 heteroatoms. The van der Waals surface area contributed by atoms with Gasteiger partial charge in [0.05, 0.1) is 18.0 Å². The molecule has 3 N–H and O–H groups in total. The number of pyridine rings is 1. The van der Waals surface area contributed by atoms with Crippen molar-refractivity contribution in [2.45, 2.75) is 25.3 Å². The van der Waals surface area contributed by atoms with E-state index in [4.69, 9.17) is 10.5 Å². The highest BCUT2D eigenvalue weighted by Gasteiger charge is 2.32. The van der Waals surface area contributed by atoms with Crippen LogP contribution in [0.2, 0.25) is 0 Å². The van der Waals surface area contributed by atoms with Crippen LogP contribution >= 0.6 is 0 Å². The summed E-state index contributed by atoms with van der Waals surface area (Å²) in [5.74, 6) is -1.65. The molecule has 2 fully saturated rings. The van der Waals surface area contributed by atoms with Gasteiger partial charge in [0.2, 0.25) is 5.43 Å². The van der Waals surface area contributed by atoms with Gasteiger partial charge in [0.1, 0.15) is 11.3 Å². The predicted molar refractivity (Wildman–Crippen MR) is 104 cm³/mol. The number of nitrogens with two attached hydrogens (primary N) is 1. The van der Waals surface area contributed by atoms with Crippen LogP contribution in [0.5, 0.6) is 5.75 Å². The van der Waals surface area contributed by atoms with E-state index in [9.17, 15) is 14.7 Å². The van der Waals surface area contributed by atoms with Crippen molar-refractivity contribution < 1.29 is 19.0 Å². The van der Waals surface area contributed by atoms with Gasteiger partial charge in [-0.2, -0.15) is 0 Å². The van der Waals surface area contributed by atoms with E-state index in [0.29, 0.717) is 30.8 Å². The lowest BCUT2D eigenvalue weighted by molar-refractivity contribution is 0.0695. The highest BCUT2D eigenvalue weighted by Crippen LogP contribution is 2.44. The van der Waals surface area contributed by atoms with Gasteiger partial charge in [0.15, 0.2) is 11.6 Å². The maximum Gasteiger partial charge on any atom is 0.341 e. The Morgan fingerprint density at radius 3 is 2.82 bits per heavy atom. The lowest BCUT2D eigenvalue weighted by atomic mass is 10.1. The number of ether oxygens (including phenoxy) is 1. The second-order valence-electron chi connectivity index (χ2n) is 7.22. The second-order valence-corrected chi connectivity index (χ2v) is 7.22. The minimum atomic E-state index is -1.32. The highest BCUT2D eigenvalue weighted by atomic mass is 19.1. The third-order valence-corrected chi connectivity index (χ3v) is 5.39. The molecular formula is C20H22FN3O4. The Morgan fingerprint density at radius 1 is 1.46 bits per heavy atom. The number of methoxy groups -OCH3 is 1. The maximum atomic E-state index is 15.1. The summed E-state index contributed by atoms with van der Waals surface area (Å²) in [6.45, 7) is 1.59. The predicted octanol–water partition coefficient (Wildman–Crippen LogP) is 2.28. The first kappa shape index (κ1) is 18.5. The molecule has 1 aromatic carbocycles. The van der Waals surface area contributed by atoms with Crippen LogP contribution in [0, 0.1) is 5.82 Å². The van der Waals surface area contributed by atoms with Gasteiger partial charge < -0.3 is 25.0 Å². The summed E-state index contributed by atoms with van der Waals surface area (Å²) in [7, 11) is 1.44. The normalized spacial score (nSPS) is 18.2. The van der Waals surface area contributed by atoms with Crippen molar-refractivity contribution in [2.75, 3.05) is 31.6 Å². The van der Waals surface area contributed by atoms with E-state index in [1.807, 2.05) is 11.0 Å². The van der Waals surface area contributed by atoms with E-state index in [-0.39, 0.29) is 22.7 Å². The summed E-state index contributed by atoms with van der Waals surface area (Å²) in [5.41, 5.74) is 6.41. The number of aromatic nitrogens is 1. The van der Waals surface area contributed by atoms with Crippen LogP contribution < -0.4 is 20.8 Å². The number of carboxylic acid groups (broad SMARTS) is 1. The van der Waals surface area contributed by atoms with Crippen LogP contribution in [0.25, 0.3) is 10.9 Å². The molecule has 1 saturated carbocycles. The van der Waals surface area contributed by atoms with Crippen molar-refractivity contribution in [3.05, 3.63) is 45.5 Å². The number of benzene rings is 1. The van der Waals surface area contributed by atoms with Crippen LogP contribution in [0.15, 0.2) is 28.7 Å². The second kappa shape index (κ2) is 6.94. The molecule has 7 nitrogen and oxygen atoms in total. The minimum Gasteiger partial charge on any atom is -0.492 e. The number of carbonyl (C=O) groups is 1. The number of fused-ring (bicyclic) bond motifs is 1. The van der Waals surface area contributed by atoms with Crippen molar-refractivity contribution in [3.63, 3.8) is 0 Å². The Hall–Kier alpha value is -2.87. The van der Waals surface area contributed by atoms with E-state index >= 15 is 4.39 Å². The topological polar surface area (TPSA) is 97.8 Å². The zero-order valence-electron chi connectivity index (χ0n) is 15.6. The Bertz CT molecular complexity index is 1060. The van der Waals surface area contributed by atoms with Crippen molar-refractivity contribution >= 4 is 22.6 Å². The maximum absolute atomic E-state index is 15.1. The summed E-state index contributed by atoms with van der Waals surface area (Å²) in [6.07, 6.45) is 5.83. The van der Waals surface area contributed by atoms with E-state index in [1.54, 1.807) is 4.57 Å². The highest BCUT2D eigenvalue weighted by molar-refractivity contribution is 5.97. The molecule has 0 atom stereocenters. The average molecular weight is 387 g/mol. The lowest BCUT2D eigenvalue weighted by Gasteiger charge is -2.24. The summed E-state index contributed by atoms with van der Waals surface area (Å²) < 4.78 is 22.5. The zero-order chi connectivity index (χ0) is 20.0. The molecule has 0 radical (unpaired) electrons. The monoisotopic (exact) mass is 387 g/mol. The largest absolute Gasteiger partial charge is 0.492 e. The molecule has 2 heterocycles. The fourth-order valence-corrected chi connectivity index (χ4v) is 3.93. The zero-order valence-corrected chi connectivity index (χ0v) is 15.6. The van der Waals surface area contributed by atoms with E-state index in [1.165, 1.54) is 13.3 Å². The Morgan fingerprint density at radius 2 is 2.21 bits per heavy atom. The summed E-state index contributed by atoms with van der Waals surface area (Å²) in [4.78, 5) is 26.1. The van der Waals surface area contributed by atoms with Crippen LogP contribution in [-0.4, -0.2) is 42.4 Å². The smallest absolute Gasteiger partial charge is 0.341 e. The molecule has 2 aromatic rings. The number of carboxylic acids is 1.